The van der Waals surface area contributed by atoms with Gasteiger partial charge < -0.3 is 9.64 Å². The second kappa shape index (κ2) is 10.4. The topological polar surface area (TPSA) is 110 Å². The Hall–Kier alpha value is -3.18. The Morgan fingerprint density at radius 1 is 1.15 bits per heavy atom. The molecule has 0 aliphatic carbocycles. The molecular formula is C23H20BrN3O6S. The summed E-state index contributed by atoms with van der Waals surface area (Å²) in [5.41, 5.74) is 1.31. The number of thioether (sulfide) groups is 1. The summed E-state index contributed by atoms with van der Waals surface area (Å²) in [5, 5.41) is 10.3. The van der Waals surface area contributed by atoms with Crippen LogP contribution in [0.4, 0.5) is 10.5 Å². The molecule has 2 saturated heterocycles. The van der Waals surface area contributed by atoms with Crippen LogP contribution in [0.15, 0.2) is 51.8 Å². The summed E-state index contributed by atoms with van der Waals surface area (Å²) in [7, 11) is 0. The van der Waals surface area contributed by atoms with E-state index in [9.17, 15) is 24.5 Å². The molecule has 2 aromatic rings. The molecule has 0 unspecified atom stereocenters. The first-order chi connectivity index (χ1) is 16.3. The largest absolute Gasteiger partial charge is 0.488 e. The fraction of sp³-hybridized carbons (Fsp3) is 0.261. The predicted octanol–water partition coefficient (Wildman–Crippen LogP) is 4.60. The van der Waals surface area contributed by atoms with Gasteiger partial charge in [-0.2, -0.15) is 0 Å². The van der Waals surface area contributed by atoms with Crippen molar-refractivity contribution in [3.8, 4) is 5.75 Å². The fourth-order valence-electron chi connectivity index (χ4n) is 3.62. The molecule has 0 N–H and O–H groups in total. The van der Waals surface area contributed by atoms with Gasteiger partial charge in [-0.15, -0.1) is 0 Å². The lowest BCUT2D eigenvalue weighted by molar-refractivity contribution is -0.384. The number of hydrogen-bond acceptors (Lipinski definition) is 7. The molecule has 0 atom stereocenters. The Labute approximate surface area is 208 Å². The highest BCUT2D eigenvalue weighted by Gasteiger charge is 2.37. The zero-order valence-electron chi connectivity index (χ0n) is 17.9. The van der Waals surface area contributed by atoms with E-state index in [0.717, 1.165) is 39.5 Å². The van der Waals surface area contributed by atoms with Gasteiger partial charge in [-0.05, 0) is 66.6 Å². The summed E-state index contributed by atoms with van der Waals surface area (Å²) < 4.78 is 6.65. The lowest BCUT2D eigenvalue weighted by Gasteiger charge is -2.18. The highest BCUT2D eigenvalue weighted by Crippen LogP contribution is 2.35. The smallest absolute Gasteiger partial charge is 0.294 e. The predicted molar refractivity (Wildman–Crippen MR) is 130 cm³/mol. The van der Waals surface area contributed by atoms with E-state index in [0.29, 0.717) is 24.4 Å². The molecule has 4 rings (SSSR count). The van der Waals surface area contributed by atoms with E-state index < -0.39 is 16.1 Å². The molecular weight excluding hydrogens is 526 g/mol. The van der Waals surface area contributed by atoms with Crippen LogP contribution in [-0.2, 0) is 16.2 Å². The molecule has 3 amide bonds. The number of imide groups is 1. The number of nitrogens with zero attached hydrogens (tertiary/aromatic N) is 3. The number of rotatable bonds is 7. The zero-order valence-corrected chi connectivity index (χ0v) is 20.3. The van der Waals surface area contributed by atoms with Gasteiger partial charge in [-0.3, -0.25) is 29.4 Å². The molecule has 34 heavy (non-hydrogen) atoms. The number of amides is 3. The standard InChI is InChI=1S/C23H20BrN3O6S/c24-17-5-8-19(33-14-15-3-6-18(7-4-15)27(31)32)16(11-17)12-20-22(29)26(23(30)34-20)13-21(28)25-9-1-2-10-25/h3-8,11-12H,1-2,9-10,13-14H2/b20-12-. The molecule has 2 aliphatic rings. The molecule has 2 fully saturated rings. The van der Waals surface area contributed by atoms with Crippen molar-refractivity contribution in [2.75, 3.05) is 19.6 Å². The molecule has 0 aromatic heterocycles. The average Bonchev–Trinajstić information content (AvgIpc) is 3.44. The number of non-ortho nitro benzene ring substituents is 1. The molecule has 0 radical (unpaired) electrons. The lowest BCUT2D eigenvalue weighted by atomic mass is 10.1. The Morgan fingerprint density at radius 3 is 2.53 bits per heavy atom. The third kappa shape index (κ3) is 5.48. The first-order valence-corrected chi connectivity index (χ1v) is 12.1. The van der Waals surface area contributed by atoms with Crippen molar-refractivity contribution in [3.63, 3.8) is 0 Å². The van der Waals surface area contributed by atoms with E-state index in [-0.39, 0.29) is 29.7 Å². The minimum atomic E-state index is -0.510. The maximum atomic E-state index is 12.9. The van der Waals surface area contributed by atoms with Crippen LogP contribution in [-0.4, -0.2) is 51.4 Å². The van der Waals surface area contributed by atoms with Gasteiger partial charge >= 0.3 is 0 Å². The van der Waals surface area contributed by atoms with E-state index >= 15 is 0 Å². The van der Waals surface area contributed by atoms with E-state index in [2.05, 4.69) is 15.9 Å². The Bertz CT molecular complexity index is 1180. The van der Waals surface area contributed by atoms with Crippen molar-refractivity contribution in [1.82, 2.24) is 9.80 Å². The van der Waals surface area contributed by atoms with Crippen molar-refractivity contribution in [1.29, 1.82) is 0 Å². The average molecular weight is 546 g/mol. The van der Waals surface area contributed by atoms with E-state index in [1.54, 1.807) is 41.3 Å². The van der Waals surface area contributed by atoms with Gasteiger partial charge in [0.25, 0.3) is 16.8 Å². The van der Waals surface area contributed by atoms with Crippen LogP contribution in [0.1, 0.15) is 24.0 Å². The molecule has 9 nitrogen and oxygen atoms in total. The Kier molecular flexibility index (Phi) is 7.32. The molecule has 2 heterocycles. The van der Waals surface area contributed by atoms with Crippen LogP contribution >= 0.6 is 27.7 Å². The Morgan fingerprint density at radius 2 is 1.85 bits per heavy atom. The molecule has 176 valence electrons. The second-order valence-electron chi connectivity index (χ2n) is 7.75. The number of nitro benzene ring substituents is 1. The first kappa shape index (κ1) is 24.0. The van der Waals surface area contributed by atoms with Crippen molar-refractivity contribution < 1.29 is 24.0 Å². The van der Waals surface area contributed by atoms with Crippen molar-refractivity contribution in [3.05, 3.63) is 73.1 Å². The van der Waals surface area contributed by atoms with Gasteiger partial charge in [-0.1, -0.05) is 15.9 Å². The molecule has 0 spiro atoms. The number of benzene rings is 2. The number of nitro groups is 1. The number of hydrogen-bond donors (Lipinski definition) is 0. The number of halogens is 1. The van der Waals surface area contributed by atoms with Crippen LogP contribution in [0.2, 0.25) is 0 Å². The molecule has 11 heteroatoms. The summed E-state index contributed by atoms with van der Waals surface area (Å²) in [6.45, 7) is 1.20. The van der Waals surface area contributed by atoms with E-state index in [1.165, 1.54) is 12.1 Å². The number of carbonyl (C=O) groups is 3. The molecule has 0 saturated carbocycles. The van der Waals surface area contributed by atoms with Crippen molar-refractivity contribution in [2.24, 2.45) is 0 Å². The fourth-order valence-corrected chi connectivity index (χ4v) is 4.83. The molecule has 2 aliphatic heterocycles. The van der Waals surface area contributed by atoms with Crippen LogP contribution in [0.5, 0.6) is 5.75 Å². The number of likely N-dealkylation sites (tertiary alicyclic amines) is 1. The summed E-state index contributed by atoms with van der Waals surface area (Å²) in [5.74, 6) is -0.263. The van der Waals surface area contributed by atoms with Crippen molar-refractivity contribution in [2.45, 2.75) is 19.4 Å². The minimum absolute atomic E-state index is 0.00739. The normalized spacial score (nSPS) is 17.0. The van der Waals surface area contributed by atoms with Gasteiger partial charge in [0.1, 0.15) is 18.9 Å². The monoisotopic (exact) mass is 545 g/mol. The van der Waals surface area contributed by atoms with Gasteiger partial charge in [0.15, 0.2) is 0 Å². The maximum absolute atomic E-state index is 12.9. The molecule has 2 aromatic carbocycles. The number of carbonyl (C=O) groups excluding carboxylic acids is 3. The van der Waals surface area contributed by atoms with Gasteiger partial charge in [0.2, 0.25) is 5.91 Å². The highest BCUT2D eigenvalue weighted by atomic mass is 79.9. The van der Waals surface area contributed by atoms with Crippen LogP contribution in [0.25, 0.3) is 6.08 Å². The van der Waals surface area contributed by atoms with Gasteiger partial charge in [-0.25, -0.2) is 0 Å². The minimum Gasteiger partial charge on any atom is -0.488 e. The quantitative estimate of drug-likeness (QED) is 0.284. The molecule has 0 bridgehead atoms. The van der Waals surface area contributed by atoms with E-state index in [4.69, 9.17) is 4.74 Å². The van der Waals surface area contributed by atoms with Gasteiger partial charge in [0.05, 0.1) is 9.83 Å². The SMILES string of the molecule is O=C(CN1C(=O)S/C(=C\c2cc(Br)ccc2OCc2ccc([N+](=O)[O-])cc2)C1=O)N1CCCC1. The third-order valence-electron chi connectivity index (χ3n) is 5.43. The lowest BCUT2D eigenvalue weighted by Crippen LogP contribution is -2.40. The van der Waals surface area contributed by atoms with Crippen LogP contribution < -0.4 is 4.74 Å². The van der Waals surface area contributed by atoms with Crippen molar-refractivity contribution >= 4 is 56.5 Å². The summed E-state index contributed by atoms with van der Waals surface area (Å²) >= 11 is 4.19. The van der Waals surface area contributed by atoms with E-state index in [1.807, 2.05) is 0 Å². The van der Waals surface area contributed by atoms with Crippen LogP contribution in [0, 0.1) is 10.1 Å². The third-order valence-corrected chi connectivity index (χ3v) is 6.83. The zero-order chi connectivity index (χ0) is 24.2. The second-order valence-corrected chi connectivity index (χ2v) is 9.66. The Balaban J connectivity index is 1.49. The summed E-state index contributed by atoms with van der Waals surface area (Å²) in [6.07, 6.45) is 3.43. The summed E-state index contributed by atoms with van der Waals surface area (Å²) in [6, 6.07) is 11.3. The van der Waals surface area contributed by atoms with Gasteiger partial charge in [0, 0.05) is 35.3 Å². The summed E-state index contributed by atoms with van der Waals surface area (Å²) in [4.78, 5) is 50.9. The maximum Gasteiger partial charge on any atom is 0.294 e. The first-order valence-electron chi connectivity index (χ1n) is 10.5. The number of ether oxygens (including phenoxy) is 1. The highest BCUT2D eigenvalue weighted by molar-refractivity contribution is 9.10. The van der Waals surface area contributed by atoms with Crippen LogP contribution in [0.3, 0.4) is 0 Å².